The highest BCUT2D eigenvalue weighted by Crippen LogP contribution is 2.30. The number of fused-ring (bicyclic) bond motifs is 1. The molecule has 0 radical (unpaired) electrons. The van der Waals surface area contributed by atoms with E-state index < -0.39 is 0 Å². The van der Waals surface area contributed by atoms with Crippen LogP contribution in [0, 0.1) is 5.92 Å². The van der Waals surface area contributed by atoms with Crippen LogP contribution in [0.25, 0.3) is 0 Å². The minimum atomic E-state index is -0.0293. The number of carbonyl (C=O) groups is 2. The van der Waals surface area contributed by atoms with Crippen molar-refractivity contribution in [2.45, 2.75) is 64.0 Å². The number of methoxy groups -OCH3 is 1. The van der Waals surface area contributed by atoms with Gasteiger partial charge in [-0.25, -0.2) is 4.98 Å². The maximum absolute atomic E-state index is 12.2. The van der Waals surface area contributed by atoms with Gasteiger partial charge in [0.05, 0.1) is 18.2 Å². The number of pyridine rings is 1. The summed E-state index contributed by atoms with van der Waals surface area (Å²) in [6, 6.07) is 12.7. The normalized spacial score (nSPS) is 18.7. The third-order valence-electron chi connectivity index (χ3n) is 7.35. The fraction of sp³-hybridized carbons (Fsp3) is 0.500. The maximum Gasteiger partial charge on any atom is 0.253 e. The summed E-state index contributed by atoms with van der Waals surface area (Å²) in [6.45, 7) is 4.21. The molecule has 9 heteroatoms. The lowest BCUT2D eigenvalue weighted by Gasteiger charge is -2.34. The SMILES string of the molecule is CCN(/C=C\N)c1ccc(C(=O)NC2CCCCC2)cn1.COC[C@@H]1Nc2ccccc2C[C@@H]1CCNC=O. The predicted molar refractivity (Wildman–Crippen MR) is 157 cm³/mol. The van der Waals surface area contributed by atoms with Crippen molar-refractivity contribution in [3.05, 3.63) is 66.1 Å². The Morgan fingerprint density at radius 2 is 2.00 bits per heavy atom. The minimum Gasteiger partial charge on any atom is -0.403 e. The van der Waals surface area contributed by atoms with Crippen molar-refractivity contribution >= 4 is 23.8 Å². The third-order valence-corrected chi connectivity index (χ3v) is 7.35. The molecule has 2 aliphatic rings. The number of carbonyl (C=O) groups excluding carboxylic acids is 2. The second-order valence-corrected chi connectivity index (χ2v) is 10.0. The summed E-state index contributed by atoms with van der Waals surface area (Å²) in [5, 5.41) is 9.36. The first kappa shape index (κ1) is 30.0. The number of nitrogens with zero attached hydrogens (tertiary/aromatic N) is 2. The van der Waals surface area contributed by atoms with Gasteiger partial charge in [0.15, 0.2) is 0 Å². The van der Waals surface area contributed by atoms with E-state index in [1.54, 1.807) is 19.5 Å². The third kappa shape index (κ3) is 9.28. The molecule has 9 nitrogen and oxygen atoms in total. The molecule has 5 N–H and O–H groups in total. The Labute approximate surface area is 232 Å². The Hall–Kier alpha value is -3.59. The maximum atomic E-state index is 12.2. The Kier molecular flexibility index (Phi) is 12.6. The number of para-hydroxylation sites is 1. The van der Waals surface area contributed by atoms with Crippen LogP contribution in [0.5, 0.6) is 0 Å². The predicted octanol–water partition coefficient (Wildman–Crippen LogP) is 3.82. The first-order chi connectivity index (χ1) is 19.1. The minimum absolute atomic E-state index is 0.0293. The molecule has 39 heavy (non-hydrogen) atoms. The van der Waals surface area contributed by atoms with Crippen LogP contribution in [0.4, 0.5) is 11.5 Å². The van der Waals surface area contributed by atoms with Gasteiger partial charge in [-0.3, -0.25) is 9.59 Å². The number of anilines is 2. The lowest BCUT2D eigenvalue weighted by atomic mass is 9.85. The molecule has 2 amide bonds. The van der Waals surface area contributed by atoms with Crippen LogP contribution in [-0.4, -0.2) is 56.2 Å². The quantitative estimate of drug-likeness (QED) is 0.254. The van der Waals surface area contributed by atoms with Crippen molar-refractivity contribution in [1.29, 1.82) is 0 Å². The Balaban J connectivity index is 0.000000218. The summed E-state index contributed by atoms with van der Waals surface area (Å²) < 4.78 is 5.28. The molecule has 1 aromatic heterocycles. The lowest BCUT2D eigenvalue weighted by molar-refractivity contribution is -0.109. The number of rotatable bonds is 11. The molecule has 1 fully saturated rings. The fourth-order valence-electron chi connectivity index (χ4n) is 5.22. The van der Waals surface area contributed by atoms with Crippen LogP contribution in [0.15, 0.2) is 55.0 Å². The van der Waals surface area contributed by atoms with Crippen LogP contribution < -0.4 is 26.6 Å². The van der Waals surface area contributed by atoms with Crippen LogP contribution in [0.2, 0.25) is 0 Å². The van der Waals surface area contributed by atoms with Gasteiger partial charge in [0.1, 0.15) is 5.82 Å². The second kappa shape index (κ2) is 16.4. The van der Waals surface area contributed by atoms with Crippen LogP contribution in [0.1, 0.15) is 61.4 Å². The second-order valence-electron chi connectivity index (χ2n) is 10.0. The molecule has 212 valence electrons. The molecule has 2 atom stereocenters. The van der Waals surface area contributed by atoms with Crippen molar-refractivity contribution in [2.24, 2.45) is 11.7 Å². The van der Waals surface area contributed by atoms with Gasteiger partial charge in [0, 0.05) is 50.5 Å². The Morgan fingerprint density at radius 1 is 1.21 bits per heavy atom. The molecular weight excluding hydrogens is 492 g/mol. The average Bonchev–Trinajstić information content (AvgIpc) is 2.97. The highest BCUT2D eigenvalue weighted by Gasteiger charge is 2.27. The van der Waals surface area contributed by atoms with Gasteiger partial charge in [-0.1, -0.05) is 37.5 Å². The molecule has 0 unspecified atom stereocenters. The largest absolute Gasteiger partial charge is 0.403 e. The van der Waals surface area contributed by atoms with E-state index in [-0.39, 0.29) is 5.91 Å². The molecule has 0 bridgehead atoms. The number of nitrogens with one attached hydrogen (secondary N) is 3. The molecular formula is C30H44N6O3. The van der Waals surface area contributed by atoms with Gasteiger partial charge in [-0.15, -0.1) is 0 Å². The van der Waals surface area contributed by atoms with E-state index in [0.29, 0.717) is 30.2 Å². The smallest absolute Gasteiger partial charge is 0.253 e. The van der Waals surface area contributed by atoms with Gasteiger partial charge in [0.2, 0.25) is 6.41 Å². The molecule has 1 aromatic carbocycles. The van der Waals surface area contributed by atoms with E-state index in [2.05, 4.69) is 39.1 Å². The molecule has 2 aromatic rings. The van der Waals surface area contributed by atoms with E-state index in [4.69, 9.17) is 10.5 Å². The summed E-state index contributed by atoms with van der Waals surface area (Å²) in [7, 11) is 1.73. The fourth-order valence-corrected chi connectivity index (χ4v) is 5.22. The molecule has 2 heterocycles. The summed E-state index contributed by atoms with van der Waals surface area (Å²) in [5.74, 6) is 1.25. The zero-order valence-corrected chi connectivity index (χ0v) is 23.3. The van der Waals surface area contributed by atoms with Gasteiger partial charge in [-0.05, 0) is 62.3 Å². The highest BCUT2D eigenvalue weighted by molar-refractivity contribution is 5.94. The first-order valence-electron chi connectivity index (χ1n) is 14.0. The number of amides is 2. The first-order valence-corrected chi connectivity index (χ1v) is 14.0. The molecule has 4 rings (SSSR count). The number of ether oxygens (including phenoxy) is 1. The van der Waals surface area contributed by atoms with Crippen molar-refractivity contribution in [2.75, 3.05) is 37.0 Å². The topological polar surface area (TPSA) is 122 Å². The number of benzene rings is 1. The molecule has 1 saturated carbocycles. The molecule has 1 aliphatic carbocycles. The summed E-state index contributed by atoms with van der Waals surface area (Å²) in [5.41, 5.74) is 8.57. The average molecular weight is 537 g/mol. The van der Waals surface area contributed by atoms with Crippen LogP contribution >= 0.6 is 0 Å². The van der Waals surface area contributed by atoms with E-state index in [1.807, 2.05) is 30.0 Å². The van der Waals surface area contributed by atoms with E-state index in [9.17, 15) is 9.59 Å². The monoisotopic (exact) mass is 536 g/mol. The van der Waals surface area contributed by atoms with Crippen LogP contribution in [0.3, 0.4) is 0 Å². The van der Waals surface area contributed by atoms with Crippen LogP contribution in [-0.2, 0) is 16.0 Å². The van der Waals surface area contributed by atoms with Crippen molar-refractivity contribution in [3.8, 4) is 0 Å². The summed E-state index contributed by atoms with van der Waals surface area (Å²) in [6.07, 6.45) is 13.5. The molecule has 1 aliphatic heterocycles. The number of hydrogen-bond donors (Lipinski definition) is 4. The van der Waals surface area contributed by atoms with E-state index in [1.165, 1.54) is 36.7 Å². The molecule has 0 spiro atoms. The van der Waals surface area contributed by atoms with Crippen molar-refractivity contribution < 1.29 is 14.3 Å². The Morgan fingerprint density at radius 3 is 2.67 bits per heavy atom. The van der Waals surface area contributed by atoms with Crippen molar-refractivity contribution in [1.82, 2.24) is 15.6 Å². The van der Waals surface area contributed by atoms with Crippen molar-refractivity contribution in [3.63, 3.8) is 0 Å². The molecule has 0 saturated heterocycles. The Bertz CT molecular complexity index is 1040. The number of aromatic nitrogens is 1. The van der Waals surface area contributed by atoms with E-state index in [0.717, 1.165) is 51.0 Å². The summed E-state index contributed by atoms with van der Waals surface area (Å²) >= 11 is 0. The van der Waals surface area contributed by atoms with Gasteiger partial charge in [0.25, 0.3) is 5.91 Å². The standard InChI is InChI=1S/C16H24N4O.C14H20N2O2/c1-2-20(11-10-17)15-9-8-13(12-18-15)16(21)19-14-6-4-3-5-7-14;1-18-9-14-12(6-7-15-10-17)8-11-4-2-3-5-13(11)16-14/h8-12,14H,2-7,17H2,1H3,(H,19,21);2-5,10,12,14,16H,6-9H2,1H3,(H,15,17)/b11-10-;/t;12-,14-/m.0/s1. The zero-order chi connectivity index (χ0) is 27.9. The van der Waals surface area contributed by atoms with Gasteiger partial charge < -0.3 is 31.3 Å². The highest BCUT2D eigenvalue weighted by atomic mass is 16.5. The summed E-state index contributed by atoms with van der Waals surface area (Å²) in [4.78, 5) is 28.8. The van der Waals surface area contributed by atoms with Gasteiger partial charge >= 0.3 is 0 Å². The van der Waals surface area contributed by atoms with E-state index >= 15 is 0 Å². The number of nitrogens with two attached hydrogens (primary N) is 1. The lowest BCUT2D eigenvalue weighted by Crippen LogP contribution is -2.39. The number of hydrogen-bond acceptors (Lipinski definition) is 7. The van der Waals surface area contributed by atoms with Gasteiger partial charge in [-0.2, -0.15) is 0 Å². The zero-order valence-electron chi connectivity index (χ0n) is 23.3.